The Morgan fingerprint density at radius 1 is 0.642 bits per heavy atom. The van der Waals surface area contributed by atoms with E-state index in [4.69, 9.17) is 5.73 Å². The summed E-state index contributed by atoms with van der Waals surface area (Å²) in [6.45, 7) is 12.8. The van der Waals surface area contributed by atoms with Gasteiger partial charge in [0.05, 0.1) is 18.1 Å². The molecule has 10 amide bonds. The smallest absolute Gasteiger partial charge is 0.315 e. The summed E-state index contributed by atoms with van der Waals surface area (Å²) in [6, 6.07) is 4.35. The lowest BCUT2D eigenvalue weighted by Gasteiger charge is -2.26. The average molecular weight is 745 g/mol. The summed E-state index contributed by atoms with van der Waals surface area (Å²) < 4.78 is 0. The van der Waals surface area contributed by atoms with Crippen LogP contribution in [0.2, 0.25) is 0 Å². The molecule has 0 radical (unpaired) electrons. The molecule has 4 atom stereocenters. The minimum absolute atomic E-state index is 0.0230. The summed E-state index contributed by atoms with van der Waals surface area (Å²) in [7, 11) is 1.52. The third kappa shape index (κ3) is 17.4. The highest BCUT2D eigenvalue weighted by Crippen LogP contribution is 2.19. The number of rotatable bonds is 21. The maximum absolute atomic E-state index is 13.3. The highest BCUT2D eigenvalue weighted by atomic mass is 16.2. The molecule has 0 unspecified atom stereocenters. The van der Waals surface area contributed by atoms with E-state index < -0.39 is 30.2 Å². The molecule has 17 nitrogen and oxygen atoms in total. The molecule has 1 aromatic carbocycles. The number of aromatic nitrogens is 1. The number of H-pyrrole nitrogens is 1. The minimum Gasteiger partial charge on any atom is -0.361 e. The summed E-state index contributed by atoms with van der Waals surface area (Å²) in [6.07, 6.45) is 4.40. The fourth-order valence-electron chi connectivity index (χ4n) is 5.50. The Balaban J connectivity index is 2.06. The summed E-state index contributed by atoms with van der Waals surface area (Å²) in [5.74, 6) is 0.112. The normalized spacial score (nSPS) is 13.4. The molecular formula is C36H64N12O5. The Morgan fingerprint density at radius 2 is 1.17 bits per heavy atom. The summed E-state index contributed by atoms with van der Waals surface area (Å²) >= 11 is 0. The van der Waals surface area contributed by atoms with E-state index in [0.29, 0.717) is 19.4 Å². The molecule has 298 valence electrons. The first-order valence-corrected chi connectivity index (χ1v) is 18.6. The van der Waals surface area contributed by atoms with Gasteiger partial charge in [-0.3, -0.25) is 0 Å². The molecule has 1 aromatic heterocycles. The molecule has 0 bridgehead atoms. The van der Waals surface area contributed by atoms with Crippen LogP contribution in [0.5, 0.6) is 0 Å². The second-order valence-electron chi connectivity index (χ2n) is 14.2. The lowest BCUT2D eigenvalue weighted by molar-refractivity contribution is 0.222. The number of carbonyl (C=O) groups is 5. The predicted molar refractivity (Wildman–Crippen MR) is 209 cm³/mol. The maximum Gasteiger partial charge on any atom is 0.315 e. The number of nitrogens with two attached hydrogens (primary N) is 1. The largest absolute Gasteiger partial charge is 0.361 e. The van der Waals surface area contributed by atoms with Gasteiger partial charge in [0.1, 0.15) is 0 Å². The van der Waals surface area contributed by atoms with Gasteiger partial charge in [0, 0.05) is 62.4 Å². The van der Waals surface area contributed by atoms with Gasteiger partial charge in [0.2, 0.25) is 0 Å². The van der Waals surface area contributed by atoms with E-state index in [2.05, 4.69) is 58.2 Å². The summed E-state index contributed by atoms with van der Waals surface area (Å²) in [5, 5.41) is 29.4. The van der Waals surface area contributed by atoms with E-state index in [1.54, 1.807) is 0 Å². The van der Waals surface area contributed by atoms with Crippen molar-refractivity contribution in [1.82, 2.24) is 58.2 Å². The highest BCUT2D eigenvalue weighted by Gasteiger charge is 2.22. The van der Waals surface area contributed by atoms with Crippen LogP contribution in [0.4, 0.5) is 24.0 Å². The molecular weight excluding hydrogens is 680 g/mol. The molecule has 0 spiro atoms. The number of unbranched alkanes of at least 4 members (excludes halogenated alkanes) is 1. The number of fused-ring (bicyclic) bond motifs is 1. The molecule has 0 fully saturated rings. The van der Waals surface area contributed by atoms with Crippen molar-refractivity contribution in [3.05, 3.63) is 36.0 Å². The van der Waals surface area contributed by atoms with Crippen LogP contribution in [0.1, 0.15) is 66.4 Å². The van der Waals surface area contributed by atoms with Gasteiger partial charge in [-0.1, -0.05) is 52.3 Å². The predicted octanol–water partition coefficient (Wildman–Crippen LogP) is 2.16. The van der Waals surface area contributed by atoms with Gasteiger partial charge in [0.25, 0.3) is 0 Å². The zero-order chi connectivity index (χ0) is 39.3. The number of urea groups is 5. The molecule has 13 N–H and O–H groups in total. The van der Waals surface area contributed by atoms with Gasteiger partial charge in [-0.2, -0.15) is 0 Å². The molecule has 0 saturated carbocycles. The second kappa shape index (κ2) is 23.6. The summed E-state index contributed by atoms with van der Waals surface area (Å²) in [5.41, 5.74) is 7.64. The molecule has 2 rings (SSSR count). The van der Waals surface area contributed by atoms with Crippen molar-refractivity contribution in [2.24, 2.45) is 17.6 Å². The molecule has 0 aliphatic rings. The van der Waals surface area contributed by atoms with E-state index in [-0.39, 0.29) is 68.2 Å². The van der Waals surface area contributed by atoms with Crippen LogP contribution < -0.4 is 58.9 Å². The lowest BCUT2D eigenvalue weighted by atomic mass is 10.0. The van der Waals surface area contributed by atoms with Crippen molar-refractivity contribution in [1.29, 1.82) is 0 Å². The number of benzene rings is 1. The first kappa shape index (κ1) is 44.2. The van der Waals surface area contributed by atoms with Crippen LogP contribution in [0, 0.1) is 11.8 Å². The molecule has 0 aliphatic carbocycles. The van der Waals surface area contributed by atoms with Crippen molar-refractivity contribution in [3.8, 4) is 0 Å². The number of nitrogens with one attached hydrogen (secondary N) is 11. The highest BCUT2D eigenvalue weighted by molar-refractivity contribution is 5.83. The van der Waals surface area contributed by atoms with E-state index in [9.17, 15) is 24.0 Å². The van der Waals surface area contributed by atoms with E-state index in [1.165, 1.54) is 7.05 Å². The molecule has 53 heavy (non-hydrogen) atoms. The first-order valence-electron chi connectivity index (χ1n) is 18.6. The standard InChI is InChI=1S/C36H64N12O5/c1-22(2)30(20-42-32(49)38-7)47-35(52)41-19-27(16-25-17-39-29-14-9-8-13-28(25)29)46-33(50)40-18-26(12-10-11-15-37)45-34(51)43-21-31(23(3)4)48-36(53)44-24(5)6/h8-9,13-14,17,22-24,26-27,30-31,39H,10-12,15-16,18-21,37H2,1-7H3,(H2,38,42,49)(H2,40,46,50)(H2,41,47,52)(H2,43,45,51)(H2,44,48,53)/t26-,27-,30+,31+/m0/s1. The van der Waals surface area contributed by atoms with Gasteiger partial charge in [0.15, 0.2) is 0 Å². The quantitative estimate of drug-likeness (QED) is 0.0854. The number of para-hydroxylation sites is 1. The topological polar surface area (TPSA) is 247 Å². The van der Waals surface area contributed by atoms with E-state index in [0.717, 1.165) is 29.3 Å². The Bertz CT molecular complexity index is 1430. The molecule has 2 aromatic rings. The van der Waals surface area contributed by atoms with Crippen LogP contribution >= 0.6 is 0 Å². The van der Waals surface area contributed by atoms with Gasteiger partial charge in [-0.15, -0.1) is 0 Å². The zero-order valence-electron chi connectivity index (χ0n) is 32.4. The van der Waals surface area contributed by atoms with Crippen molar-refractivity contribution < 1.29 is 24.0 Å². The van der Waals surface area contributed by atoms with Crippen LogP contribution in [-0.2, 0) is 6.42 Å². The second-order valence-corrected chi connectivity index (χ2v) is 14.2. The summed E-state index contributed by atoms with van der Waals surface area (Å²) in [4.78, 5) is 66.5. The van der Waals surface area contributed by atoms with Crippen molar-refractivity contribution in [2.75, 3.05) is 39.8 Å². The third-order valence-corrected chi connectivity index (χ3v) is 8.69. The fourth-order valence-corrected chi connectivity index (χ4v) is 5.50. The van der Waals surface area contributed by atoms with Crippen LogP contribution in [-0.4, -0.2) is 105 Å². The molecule has 0 saturated heterocycles. The lowest BCUT2D eigenvalue weighted by Crippen LogP contribution is -2.55. The first-order chi connectivity index (χ1) is 25.2. The Kier molecular flexibility index (Phi) is 19.7. The Morgan fingerprint density at radius 3 is 1.75 bits per heavy atom. The average Bonchev–Trinajstić information content (AvgIpc) is 3.51. The maximum atomic E-state index is 13.3. The van der Waals surface area contributed by atoms with Gasteiger partial charge in [-0.05, 0) is 63.1 Å². The van der Waals surface area contributed by atoms with Gasteiger partial charge in [-0.25, -0.2) is 24.0 Å². The molecule has 17 heteroatoms. The van der Waals surface area contributed by atoms with Crippen LogP contribution in [0.15, 0.2) is 30.5 Å². The monoisotopic (exact) mass is 745 g/mol. The van der Waals surface area contributed by atoms with E-state index in [1.807, 2.05) is 72.0 Å². The van der Waals surface area contributed by atoms with Gasteiger partial charge >= 0.3 is 30.2 Å². The zero-order valence-corrected chi connectivity index (χ0v) is 32.4. The van der Waals surface area contributed by atoms with Crippen molar-refractivity contribution >= 4 is 41.1 Å². The van der Waals surface area contributed by atoms with Crippen molar-refractivity contribution in [2.45, 2.75) is 97.4 Å². The number of aromatic amines is 1. The number of carbonyl (C=O) groups excluding carboxylic acids is 5. The van der Waals surface area contributed by atoms with Crippen LogP contribution in [0.3, 0.4) is 0 Å². The molecule has 0 aliphatic heterocycles. The van der Waals surface area contributed by atoms with Crippen molar-refractivity contribution in [3.63, 3.8) is 0 Å². The van der Waals surface area contributed by atoms with E-state index >= 15 is 0 Å². The number of hydrogen-bond acceptors (Lipinski definition) is 6. The molecule has 1 heterocycles. The Labute approximate surface area is 313 Å². The third-order valence-electron chi connectivity index (χ3n) is 8.69. The Hall–Kier alpha value is -4.93. The fraction of sp³-hybridized carbons (Fsp3) is 0.639. The number of amides is 10. The minimum atomic E-state index is -0.498. The SMILES string of the molecule is CNC(=O)NC[C@@H](NC(=O)NC[C@H](Cc1c[nH]c2ccccc12)NC(=O)NC[C@H](CCCCN)NC(=O)NC[C@@H](NC(=O)NC(C)C)C(C)C)C(C)C. The van der Waals surface area contributed by atoms with Crippen LogP contribution in [0.25, 0.3) is 10.9 Å². The number of hydrogen-bond donors (Lipinski definition) is 12. The van der Waals surface area contributed by atoms with Gasteiger partial charge < -0.3 is 63.9 Å².